The van der Waals surface area contributed by atoms with Crippen LogP contribution in [0.15, 0.2) is 89.8 Å². The summed E-state index contributed by atoms with van der Waals surface area (Å²) in [5.41, 5.74) is 1.74. The lowest BCUT2D eigenvalue weighted by Crippen LogP contribution is -2.19. The number of benzene rings is 3. The molecule has 2 heterocycles. The van der Waals surface area contributed by atoms with Gasteiger partial charge in [-0.05, 0) is 24.3 Å². The van der Waals surface area contributed by atoms with E-state index in [2.05, 4.69) is 0 Å². The van der Waals surface area contributed by atoms with E-state index in [9.17, 15) is 13.2 Å². The fraction of sp³-hybridized carbons (Fsp3) is 0.125. The Morgan fingerprint density at radius 2 is 1.48 bits per heavy atom. The van der Waals surface area contributed by atoms with E-state index in [0.29, 0.717) is 29.7 Å². The standard InChI is InChI=1S/C24H19NO5S/c26-23(17-10-12-18(13-11-17)24-29-14-15-30-24)22-16-19-6-4-5-9-21(19)25(22)31(27,28)20-7-2-1-3-8-20/h1-13,16,24H,14-15H2. The van der Waals surface area contributed by atoms with Crippen molar-refractivity contribution in [3.8, 4) is 0 Å². The zero-order valence-electron chi connectivity index (χ0n) is 16.5. The molecule has 1 fully saturated rings. The second-order valence-corrected chi connectivity index (χ2v) is 8.98. The Morgan fingerprint density at radius 3 is 2.19 bits per heavy atom. The number of ketones is 1. The van der Waals surface area contributed by atoms with Crippen molar-refractivity contribution in [2.24, 2.45) is 0 Å². The van der Waals surface area contributed by atoms with E-state index < -0.39 is 16.3 Å². The number of para-hydroxylation sites is 1. The zero-order chi connectivity index (χ0) is 21.4. The molecule has 4 aromatic rings. The van der Waals surface area contributed by atoms with Crippen LogP contribution in [0.5, 0.6) is 0 Å². The molecule has 1 aliphatic heterocycles. The summed E-state index contributed by atoms with van der Waals surface area (Å²) in [6, 6.07) is 23.7. The van der Waals surface area contributed by atoms with Gasteiger partial charge < -0.3 is 9.47 Å². The Balaban J connectivity index is 1.62. The van der Waals surface area contributed by atoms with Crippen LogP contribution in [-0.4, -0.2) is 31.4 Å². The van der Waals surface area contributed by atoms with Crippen LogP contribution in [0.1, 0.15) is 27.9 Å². The van der Waals surface area contributed by atoms with E-state index in [4.69, 9.17) is 9.47 Å². The third-order valence-electron chi connectivity index (χ3n) is 5.25. The number of hydrogen-bond acceptors (Lipinski definition) is 5. The SMILES string of the molecule is O=C(c1ccc(C2OCCO2)cc1)c1cc2ccccc2n1S(=O)(=O)c1ccccc1. The minimum absolute atomic E-state index is 0.0890. The lowest BCUT2D eigenvalue weighted by atomic mass is 10.1. The average Bonchev–Trinajstić information content (AvgIpc) is 3.48. The molecule has 0 atom stereocenters. The molecule has 0 amide bonds. The van der Waals surface area contributed by atoms with E-state index in [-0.39, 0.29) is 16.4 Å². The molecule has 0 bridgehead atoms. The number of fused-ring (bicyclic) bond motifs is 1. The fourth-order valence-electron chi connectivity index (χ4n) is 3.74. The molecular weight excluding hydrogens is 414 g/mol. The number of ether oxygens (including phenoxy) is 2. The Kier molecular flexibility index (Phi) is 4.94. The van der Waals surface area contributed by atoms with Gasteiger partial charge in [0, 0.05) is 16.5 Å². The maximum atomic E-state index is 13.5. The quantitative estimate of drug-likeness (QED) is 0.442. The van der Waals surface area contributed by atoms with Crippen molar-refractivity contribution in [3.05, 3.63) is 102 Å². The van der Waals surface area contributed by atoms with E-state index in [1.807, 2.05) is 6.07 Å². The molecule has 1 aliphatic rings. The maximum Gasteiger partial charge on any atom is 0.268 e. The molecule has 156 valence electrons. The molecule has 0 aliphatic carbocycles. The van der Waals surface area contributed by atoms with Gasteiger partial charge in [-0.15, -0.1) is 0 Å². The predicted molar refractivity (Wildman–Crippen MR) is 115 cm³/mol. The molecule has 5 rings (SSSR count). The number of carbonyl (C=O) groups is 1. The van der Waals surface area contributed by atoms with Gasteiger partial charge in [-0.2, -0.15) is 0 Å². The van der Waals surface area contributed by atoms with Gasteiger partial charge in [0.25, 0.3) is 10.0 Å². The van der Waals surface area contributed by atoms with Crippen LogP contribution in [-0.2, 0) is 19.5 Å². The summed E-state index contributed by atoms with van der Waals surface area (Å²) in [5, 5.41) is 0.676. The van der Waals surface area contributed by atoms with Gasteiger partial charge in [-0.1, -0.05) is 60.7 Å². The fourth-order valence-corrected chi connectivity index (χ4v) is 5.27. The van der Waals surface area contributed by atoms with E-state index >= 15 is 0 Å². The van der Waals surface area contributed by atoms with Crippen molar-refractivity contribution in [2.45, 2.75) is 11.2 Å². The van der Waals surface area contributed by atoms with Gasteiger partial charge >= 0.3 is 0 Å². The van der Waals surface area contributed by atoms with Gasteiger partial charge in [0.05, 0.1) is 23.6 Å². The first-order chi connectivity index (χ1) is 15.1. The number of rotatable bonds is 5. The number of hydrogen-bond donors (Lipinski definition) is 0. The number of aromatic nitrogens is 1. The van der Waals surface area contributed by atoms with Crippen LogP contribution in [0.2, 0.25) is 0 Å². The normalized spacial score (nSPS) is 14.8. The van der Waals surface area contributed by atoms with Crippen molar-refractivity contribution in [1.82, 2.24) is 3.97 Å². The molecule has 0 spiro atoms. The van der Waals surface area contributed by atoms with Gasteiger partial charge in [-0.3, -0.25) is 4.79 Å². The first-order valence-corrected chi connectivity index (χ1v) is 11.3. The van der Waals surface area contributed by atoms with E-state index in [1.165, 1.54) is 12.1 Å². The molecule has 6 nitrogen and oxygen atoms in total. The van der Waals surface area contributed by atoms with Crippen molar-refractivity contribution >= 4 is 26.7 Å². The Morgan fingerprint density at radius 1 is 0.839 bits per heavy atom. The van der Waals surface area contributed by atoms with Gasteiger partial charge in [0.2, 0.25) is 5.78 Å². The van der Waals surface area contributed by atoms with Crippen molar-refractivity contribution < 1.29 is 22.7 Å². The van der Waals surface area contributed by atoms with Crippen LogP contribution in [0.4, 0.5) is 0 Å². The summed E-state index contributed by atoms with van der Waals surface area (Å²) in [4.78, 5) is 13.5. The molecule has 0 saturated carbocycles. The second-order valence-electron chi connectivity index (χ2n) is 7.20. The molecule has 0 radical (unpaired) electrons. The smallest absolute Gasteiger partial charge is 0.268 e. The minimum atomic E-state index is -3.97. The summed E-state index contributed by atoms with van der Waals surface area (Å²) in [5.74, 6) is -0.379. The van der Waals surface area contributed by atoms with Crippen LogP contribution in [0.25, 0.3) is 10.9 Å². The van der Waals surface area contributed by atoms with Gasteiger partial charge in [0.1, 0.15) is 5.69 Å². The molecule has 0 N–H and O–H groups in total. The maximum absolute atomic E-state index is 13.5. The Labute approximate surface area is 179 Å². The highest BCUT2D eigenvalue weighted by Gasteiger charge is 2.27. The third kappa shape index (κ3) is 3.46. The molecule has 0 unspecified atom stereocenters. The van der Waals surface area contributed by atoms with Crippen molar-refractivity contribution in [2.75, 3.05) is 13.2 Å². The van der Waals surface area contributed by atoms with Crippen molar-refractivity contribution in [3.63, 3.8) is 0 Å². The highest BCUT2D eigenvalue weighted by atomic mass is 32.2. The first-order valence-electron chi connectivity index (χ1n) is 9.85. The highest BCUT2D eigenvalue weighted by molar-refractivity contribution is 7.90. The summed E-state index contributed by atoms with van der Waals surface area (Å²) in [6.07, 6.45) is -0.436. The average molecular weight is 433 g/mol. The lowest BCUT2D eigenvalue weighted by Gasteiger charge is -2.12. The third-order valence-corrected chi connectivity index (χ3v) is 6.99. The van der Waals surface area contributed by atoms with Crippen LogP contribution in [0.3, 0.4) is 0 Å². The largest absolute Gasteiger partial charge is 0.346 e. The Bertz CT molecular complexity index is 1350. The summed E-state index contributed by atoms with van der Waals surface area (Å²) in [7, 11) is -3.97. The molecule has 3 aromatic carbocycles. The predicted octanol–water partition coefficient (Wildman–Crippen LogP) is 4.15. The lowest BCUT2D eigenvalue weighted by molar-refractivity contribution is -0.0441. The van der Waals surface area contributed by atoms with Crippen molar-refractivity contribution in [1.29, 1.82) is 0 Å². The Hall–Kier alpha value is -3.26. The second kappa shape index (κ2) is 7.77. The highest BCUT2D eigenvalue weighted by Crippen LogP contribution is 2.28. The molecule has 31 heavy (non-hydrogen) atoms. The molecular formula is C24H19NO5S. The topological polar surface area (TPSA) is 74.6 Å². The summed E-state index contributed by atoms with van der Waals surface area (Å²) >= 11 is 0. The van der Waals surface area contributed by atoms with Gasteiger partial charge in [-0.25, -0.2) is 12.4 Å². The van der Waals surface area contributed by atoms with Gasteiger partial charge in [0.15, 0.2) is 6.29 Å². The summed E-state index contributed by atoms with van der Waals surface area (Å²) < 4.78 is 39.1. The minimum Gasteiger partial charge on any atom is -0.346 e. The molecule has 1 saturated heterocycles. The van der Waals surface area contributed by atoms with E-state index in [1.54, 1.807) is 66.7 Å². The first kappa shape index (κ1) is 19.7. The van der Waals surface area contributed by atoms with Crippen LogP contribution < -0.4 is 0 Å². The van der Waals surface area contributed by atoms with Crippen LogP contribution >= 0.6 is 0 Å². The zero-order valence-corrected chi connectivity index (χ0v) is 17.3. The van der Waals surface area contributed by atoms with E-state index in [0.717, 1.165) is 9.54 Å². The van der Waals surface area contributed by atoms with Crippen LogP contribution in [0, 0.1) is 0 Å². The monoisotopic (exact) mass is 433 g/mol. The summed E-state index contributed by atoms with van der Waals surface area (Å²) in [6.45, 7) is 1.06. The molecule has 7 heteroatoms. The number of nitrogens with zero attached hydrogens (tertiary/aromatic N) is 1. The molecule has 1 aromatic heterocycles. The number of carbonyl (C=O) groups excluding carboxylic acids is 1.